The van der Waals surface area contributed by atoms with E-state index in [4.69, 9.17) is 4.74 Å². The lowest BCUT2D eigenvalue weighted by molar-refractivity contribution is 0.0915. The standard InChI is InChI=1S/C31H37N5O4S/c1-6-7-17-40-30(39)36-29-24(18-25(41-29)28(38)34-31(4,5)23-11-9-8-10-12-23)26(35-36)33-27(37)22-15-13-21(14-16-22)19-32-20(2)3/h8-16,18,20,32H,6-7,17,19H2,1-5H3,(H,34,38)(H,33,35,37). The molecule has 41 heavy (non-hydrogen) atoms. The van der Waals surface area contributed by atoms with E-state index in [-0.39, 0.29) is 24.2 Å². The number of fused-ring (bicyclic) bond motifs is 1. The van der Waals surface area contributed by atoms with Crippen LogP contribution in [0.15, 0.2) is 60.7 Å². The lowest BCUT2D eigenvalue weighted by atomic mass is 9.94. The third-order valence-electron chi connectivity index (χ3n) is 6.56. The Labute approximate surface area is 244 Å². The first-order valence-electron chi connectivity index (χ1n) is 13.8. The van der Waals surface area contributed by atoms with Gasteiger partial charge in [0.1, 0.15) is 4.83 Å². The van der Waals surface area contributed by atoms with Crippen molar-refractivity contribution < 1.29 is 19.1 Å². The first kappa shape index (κ1) is 30.0. The lowest BCUT2D eigenvalue weighted by Crippen LogP contribution is -2.40. The molecule has 0 atom stereocenters. The number of rotatable bonds is 11. The van der Waals surface area contributed by atoms with Crippen LogP contribution in [0, 0.1) is 0 Å². The second kappa shape index (κ2) is 13.1. The summed E-state index contributed by atoms with van der Waals surface area (Å²) in [6, 6.07) is 19.0. The molecule has 0 saturated carbocycles. The highest BCUT2D eigenvalue weighted by molar-refractivity contribution is 7.20. The van der Waals surface area contributed by atoms with E-state index >= 15 is 0 Å². The van der Waals surface area contributed by atoms with Crippen molar-refractivity contribution in [2.45, 2.75) is 65.6 Å². The monoisotopic (exact) mass is 575 g/mol. The highest BCUT2D eigenvalue weighted by Gasteiger charge is 2.27. The average Bonchev–Trinajstić information content (AvgIpc) is 3.53. The van der Waals surface area contributed by atoms with Gasteiger partial charge in [-0.15, -0.1) is 16.4 Å². The van der Waals surface area contributed by atoms with Crippen LogP contribution in [0.3, 0.4) is 0 Å². The van der Waals surface area contributed by atoms with Crippen molar-refractivity contribution in [3.63, 3.8) is 0 Å². The number of aromatic nitrogens is 2. The number of nitrogens with one attached hydrogen (secondary N) is 3. The Morgan fingerprint density at radius 3 is 2.39 bits per heavy atom. The summed E-state index contributed by atoms with van der Waals surface area (Å²) in [6.07, 6.45) is 0.926. The fourth-order valence-corrected chi connectivity index (χ4v) is 5.14. The lowest BCUT2D eigenvalue weighted by Gasteiger charge is -2.26. The molecule has 0 fully saturated rings. The number of ether oxygens (including phenoxy) is 1. The Balaban J connectivity index is 1.60. The Bertz CT molecular complexity index is 1510. The third kappa shape index (κ3) is 7.39. The number of hydrogen-bond donors (Lipinski definition) is 3. The summed E-state index contributed by atoms with van der Waals surface area (Å²) in [4.78, 5) is 40.2. The minimum Gasteiger partial charge on any atom is -0.448 e. The quantitative estimate of drug-likeness (QED) is 0.181. The van der Waals surface area contributed by atoms with Crippen LogP contribution in [-0.4, -0.2) is 40.3 Å². The van der Waals surface area contributed by atoms with E-state index < -0.39 is 11.6 Å². The van der Waals surface area contributed by atoms with E-state index in [0.29, 0.717) is 33.2 Å². The molecule has 2 heterocycles. The van der Waals surface area contributed by atoms with Crippen molar-refractivity contribution in [1.82, 2.24) is 20.4 Å². The van der Waals surface area contributed by atoms with Crippen LogP contribution in [0.25, 0.3) is 10.2 Å². The van der Waals surface area contributed by atoms with Crippen LogP contribution in [0.2, 0.25) is 0 Å². The Morgan fingerprint density at radius 2 is 1.73 bits per heavy atom. The van der Waals surface area contributed by atoms with Gasteiger partial charge in [-0.05, 0) is 49.6 Å². The minimum absolute atomic E-state index is 0.181. The normalized spacial score (nSPS) is 11.6. The van der Waals surface area contributed by atoms with E-state index in [1.54, 1.807) is 18.2 Å². The number of benzene rings is 2. The van der Waals surface area contributed by atoms with Gasteiger partial charge in [-0.25, -0.2) is 4.79 Å². The number of hydrogen-bond acceptors (Lipinski definition) is 7. The van der Waals surface area contributed by atoms with Crippen LogP contribution < -0.4 is 16.0 Å². The predicted octanol–water partition coefficient (Wildman–Crippen LogP) is 6.30. The van der Waals surface area contributed by atoms with Crippen molar-refractivity contribution in [2.75, 3.05) is 11.9 Å². The van der Waals surface area contributed by atoms with E-state index in [1.807, 2.05) is 63.2 Å². The number of unbranched alkanes of at least 4 members (excludes halogenated alkanes) is 1. The molecule has 216 valence electrons. The Kier molecular flexibility index (Phi) is 9.57. The summed E-state index contributed by atoms with van der Waals surface area (Å²) in [7, 11) is 0. The molecule has 0 aliphatic heterocycles. The Morgan fingerprint density at radius 1 is 1.02 bits per heavy atom. The molecule has 0 bridgehead atoms. The maximum atomic E-state index is 13.3. The largest absolute Gasteiger partial charge is 0.448 e. The van der Waals surface area contributed by atoms with Crippen LogP contribution in [0.5, 0.6) is 0 Å². The van der Waals surface area contributed by atoms with Crippen LogP contribution >= 0.6 is 11.3 Å². The van der Waals surface area contributed by atoms with Crippen molar-refractivity contribution in [3.05, 3.63) is 82.2 Å². The molecule has 0 aliphatic rings. The zero-order chi connectivity index (χ0) is 29.6. The number of amides is 2. The molecule has 0 saturated heterocycles. The van der Waals surface area contributed by atoms with Gasteiger partial charge in [0.2, 0.25) is 0 Å². The number of nitrogens with zero attached hydrogens (tertiary/aromatic N) is 2. The van der Waals surface area contributed by atoms with Gasteiger partial charge in [0.25, 0.3) is 11.8 Å². The van der Waals surface area contributed by atoms with Gasteiger partial charge in [-0.2, -0.15) is 4.68 Å². The first-order chi connectivity index (χ1) is 19.6. The van der Waals surface area contributed by atoms with Gasteiger partial charge in [0.15, 0.2) is 5.82 Å². The van der Waals surface area contributed by atoms with Crippen molar-refractivity contribution in [1.29, 1.82) is 0 Å². The summed E-state index contributed by atoms with van der Waals surface area (Å²) in [6.45, 7) is 11.0. The molecule has 9 nitrogen and oxygen atoms in total. The maximum absolute atomic E-state index is 13.3. The molecule has 4 aromatic rings. The number of carbonyl (C=O) groups is 3. The van der Waals surface area contributed by atoms with Gasteiger partial charge >= 0.3 is 6.09 Å². The second-order valence-electron chi connectivity index (χ2n) is 10.7. The highest BCUT2D eigenvalue weighted by atomic mass is 32.1. The zero-order valence-electron chi connectivity index (χ0n) is 24.1. The van der Waals surface area contributed by atoms with Gasteiger partial charge < -0.3 is 20.7 Å². The molecule has 0 unspecified atom stereocenters. The van der Waals surface area contributed by atoms with E-state index in [9.17, 15) is 14.4 Å². The zero-order valence-corrected chi connectivity index (χ0v) is 24.9. The number of thiophene rings is 1. The fourth-order valence-electron chi connectivity index (χ4n) is 4.15. The van der Waals surface area contributed by atoms with Gasteiger partial charge in [0, 0.05) is 18.2 Å². The molecule has 10 heteroatoms. The maximum Gasteiger partial charge on any atom is 0.436 e. The molecular weight excluding hydrogens is 538 g/mol. The summed E-state index contributed by atoms with van der Waals surface area (Å²) in [5.74, 6) is -0.490. The highest BCUT2D eigenvalue weighted by Crippen LogP contribution is 2.33. The molecule has 2 aromatic carbocycles. The molecule has 0 spiro atoms. The predicted molar refractivity (Wildman–Crippen MR) is 163 cm³/mol. The van der Waals surface area contributed by atoms with Gasteiger partial charge in [0.05, 0.1) is 22.4 Å². The second-order valence-corrected chi connectivity index (χ2v) is 11.7. The SMILES string of the molecule is CCCCOC(=O)n1nc(NC(=O)c2ccc(CNC(C)C)cc2)c2cc(C(=O)NC(C)(C)c3ccccc3)sc21. The van der Waals surface area contributed by atoms with E-state index in [0.717, 1.165) is 40.0 Å². The molecule has 2 aromatic heterocycles. The third-order valence-corrected chi connectivity index (χ3v) is 7.67. The summed E-state index contributed by atoms with van der Waals surface area (Å²) in [5, 5.41) is 14.1. The van der Waals surface area contributed by atoms with E-state index in [2.05, 4.69) is 34.9 Å². The average molecular weight is 576 g/mol. The van der Waals surface area contributed by atoms with Crippen molar-refractivity contribution >= 4 is 45.3 Å². The summed E-state index contributed by atoms with van der Waals surface area (Å²) < 4.78 is 6.51. The topological polar surface area (TPSA) is 114 Å². The van der Waals surface area contributed by atoms with Crippen LogP contribution in [-0.2, 0) is 16.8 Å². The van der Waals surface area contributed by atoms with Gasteiger partial charge in [-0.1, -0.05) is 69.7 Å². The molecule has 0 aliphatic carbocycles. The Hall–Kier alpha value is -4.02. The molecule has 2 amide bonds. The van der Waals surface area contributed by atoms with Crippen molar-refractivity contribution in [2.24, 2.45) is 0 Å². The van der Waals surface area contributed by atoms with Gasteiger partial charge in [-0.3, -0.25) is 9.59 Å². The van der Waals surface area contributed by atoms with Crippen molar-refractivity contribution in [3.8, 4) is 0 Å². The van der Waals surface area contributed by atoms with E-state index in [1.165, 1.54) is 0 Å². The molecule has 3 N–H and O–H groups in total. The van der Waals surface area contributed by atoms with Crippen LogP contribution in [0.4, 0.5) is 10.6 Å². The molecule has 4 rings (SSSR count). The minimum atomic E-state index is -0.663. The molecular formula is C31H37N5O4S. The number of carbonyl (C=O) groups excluding carboxylic acids is 3. The van der Waals surface area contributed by atoms with Crippen LogP contribution in [0.1, 0.15) is 78.6 Å². The summed E-state index contributed by atoms with van der Waals surface area (Å²) in [5.41, 5.74) is 1.83. The summed E-state index contributed by atoms with van der Waals surface area (Å²) >= 11 is 1.12. The fraction of sp³-hybridized carbons (Fsp3) is 0.355. The smallest absolute Gasteiger partial charge is 0.436 e. The number of anilines is 1. The molecule has 0 radical (unpaired) electrons. The first-order valence-corrected chi connectivity index (χ1v) is 14.6.